The van der Waals surface area contributed by atoms with Crippen LogP contribution in [0.2, 0.25) is 0 Å². The molecule has 0 unspecified atom stereocenters. The van der Waals surface area contributed by atoms with E-state index in [1.165, 1.54) is 13.0 Å². The number of aromatic nitrogens is 2. The van der Waals surface area contributed by atoms with Crippen LogP contribution in [0, 0.1) is 5.82 Å². The van der Waals surface area contributed by atoms with Crippen molar-refractivity contribution in [2.45, 2.75) is 58.5 Å². The quantitative estimate of drug-likeness (QED) is 0.173. The Bertz CT molecular complexity index is 1080. The lowest BCUT2D eigenvalue weighted by atomic mass is 10.1. The summed E-state index contributed by atoms with van der Waals surface area (Å²) in [7, 11) is 0. The molecule has 0 saturated heterocycles. The lowest BCUT2D eigenvalue weighted by molar-refractivity contribution is -0.146. The van der Waals surface area contributed by atoms with Gasteiger partial charge >= 0.3 is 5.97 Å². The number of nitrogens with zero attached hydrogens (tertiary/aromatic N) is 2. The zero-order valence-corrected chi connectivity index (χ0v) is 19.8. The first-order valence-electron chi connectivity index (χ1n) is 11.6. The van der Waals surface area contributed by atoms with Gasteiger partial charge in [-0.3, -0.25) is 0 Å². The smallest absolute Gasteiger partial charge is 0.348 e. The zero-order chi connectivity index (χ0) is 24.6. The van der Waals surface area contributed by atoms with Crippen molar-refractivity contribution in [2.24, 2.45) is 0 Å². The molecular formula is C27H30F2N2O3. The summed E-state index contributed by atoms with van der Waals surface area (Å²) in [6.45, 7) is 5.41. The van der Waals surface area contributed by atoms with Gasteiger partial charge in [-0.1, -0.05) is 45.2 Å². The highest BCUT2D eigenvalue weighted by molar-refractivity contribution is 5.81. The molecule has 3 rings (SSSR count). The fraction of sp³-hybridized carbons (Fsp3) is 0.370. The molecular weight excluding hydrogens is 438 g/mol. The van der Waals surface area contributed by atoms with Crippen LogP contribution in [0.25, 0.3) is 22.5 Å². The molecule has 0 radical (unpaired) electrons. The Kier molecular flexibility index (Phi) is 8.68. The van der Waals surface area contributed by atoms with Crippen LogP contribution in [0.5, 0.6) is 11.5 Å². The second-order valence-corrected chi connectivity index (χ2v) is 8.31. The molecule has 1 heterocycles. The first kappa shape index (κ1) is 25.3. The highest BCUT2D eigenvalue weighted by Gasteiger charge is 2.33. The highest BCUT2D eigenvalue weighted by Crippen LogP contribution is 2.27. The summed E-state index contributed by atoms with van der Waals surface area (Å²) in [5, 5.41) is 0. The minimum Gasteiger partial charge on any atom is -0.491 e. The van der Waals surface area contributed by atoms with Crippen molar-refractivity contribution >= 4 is 5.97 Å². The first-order valence-corrected chi connectivity index (χ1v) is 11.6. The third-order valence-electron chi connectivity index (χ3n) is 5.59. The van der Waals surface area contributed by atoms with Crippen LogP contribution in [0.1, 0.15) is 52.9 Å². The average Bonchev–Trinajstić information content (AvgIpc) is 2.85. The zero-order valence-electron chi connectivity index (χ0n) is 19.8. The van der Waals surface area contributed by atoms with Gasteiger partial charge in [0.25, 0.3) is 0 Å². The highest BCUT2D eigenvalue weighted by atomic mass is 19.1. The maximum Gasteiger partial charge on any atom is 0.348 e. The summed E-state index contributed by atoms with van der Waals surface area (Å²) < 4.78 is 39.1. The summed E-state index contributed by atoms with van der Waals surface area (Å²) in [6, 6.07) is 11.3. The standard InChI is InChI=1S/C27H30F2N2O3/c1-4-6-7-8-15-33-24-14-11-20(16-23(24)28)25-30-17-21(18-31-25)19-9-12-22(13-10-19)34-26(32)27(3,29)5-2/h9-14,16-18H,4-8,15H2,1-3H3/t27-/m0/s1. The number of ether oxygens (including phenoxy) is 2. The molecule has 0 aliphatic carbocycles. The molecule has 7 heteroatoms. The lowest BCUT2D eigenvalue weighted by Gasteiger charge is -2.16. The topological polar surface area (TPSA) is 61.3 Å². The molecule has 0 N–H and O–H groups in total. The monoisotopic (exact) mass is 468 g/mol. The summed E-state index contributed by atoms with van der Waals surface area (Å²) >= 11 is 0. The number of benzene rings is 2. The van der Waals surface area contributed by atoms with Gasteiger partial charge in [0.05, 0.1) is 6.61 Å². The molecule has 0 aliphatic heterocycles. The van der Waals surface area contributed by atoms with Crippen LogP contribution in [0.4, 0.5) is 8.78 Å². The predicted molar refractivity (Wildman–Crippen MR) is 128 cm³/mol. The number of unbranched alkanes of at least 4 members (excludes halogenated alkanes) is 3. The number of hydrogen-bond donors (Lipinski definition) is 0. The van der Waals surface area contributed by atoms with E-state index in [1.807, 2.05) is 0 Å². The summed E-state index contributed by atoms with van der Waals surface area (Å²) in [6.07, 6.45) is 7.56. The van der Waals surface area contributed by atoms with Crippen LogP contribution in [-0.2, 0) is 4.79 Å². The normalized spacial score (nSPS) is 12.7. The molecule has 1 atom stereocenters. The van der Waals surface area contributed by atoms with E-state index in [1.54, 1.807) is 55.7 Å². The number of carbonyl (C=O) groups excluding carboxylic acids is 1. The van der Waals surface area contributed by atoms with Crippen LogP contribution in [0.15, 0.2) is 54.9 Å². The van der Waals surface area contributed by atoms with Crippen molar-refractivity contribution in [3.63, 3.8) is 0 Å². The van der Waals surface area contributed by atoms with Gasteiger partial charge in [0.15, 0.2) is 17.4 Å². The molecule has 3 aromatic rings. The summed E-state index contributed by atoms with van der Waals surface area (Å²) in [5.41, 5.74) is 0.0524. The van der Waals surface area contributed by atoms with E-state index in [9.17, 15) is 13.6 Å². The van der Waals surface area contributed by atoms with Crippen LogP contribution >= 0.6 is 0 Å². The van der Waals surface area contributed by atoms with E-state index in [2.05, 4.69) is 16.9 Å². The summed E-state index contributed by atoms with van der Waals surface area (Å²) in [5.74, 6) is -0.491. The Labute approximate surface area is 199 Å². The second kappa shape index (κ2) is 11.7. The maximum absolute atomic E-state index is 14.4. The average molecular weight is 469 g/mol. The lowest BCUT2D eigenvalue weighted by Crippen LogP contribution is -2.33. The fourth-order valence-corrected chi connectivity index (χ4v) is 3.17. The number of hydrogen-bond acceptors (Lipinski definition) is 5. The molecule has 0 spiro atoms. The molecule has 0 aliphatic rings. The molecule has 0 saturated carbocycles. The summed E-state index contributed by atoms with van der Waals surface area (Å²) in [4.78, 5) is 20.6. The van der Waals surface area contributed by atoms with Crippen molar-refractivity contribution < 1.29 is 23.0 Å². The molecule has 0 amide bonds. The molecule has 1 aromatic heterocycles. The van der Waals surface area contributed by atoms with E-state index < -0.39 is 17.5 Å². The van der Waals surface area contributed by atoms with Gasteiger partial charge in [-0.15, -0.1) is 0 Å². The van der Waals surface area contributed by atoms with E-state index in [0.29, 0.717) is 18.0 Å². The van der Waals surface area contributed by atoms with Crippen molar-refractivity contribution in [3.8, 4) is 34.0 Å². The van der Waals surface area contributed by atoms with Crippen molar-refractivity contribution in [2.75, 3.05) is 6.61 Å². The molecule has 0 bridgehead atoms. The van der Waals surface area contributed by atoms with Gasteiger partial charge in [0.2, 0.25) is 5.67 Å². The SMILES string of the molecule is CCCCCCOc1ccc(-c2ncc(-c3ccc(OC(=O)[C@@](C)(F)CC)cc3)cn2)cc1F. The van der Waals surface area contributed by atoms with Crippen molar-refractivity contribution in [1.82, 2.24) is 9.97 Å². The third kappa shape index (κ3) is 6.59. The van der Waals surface area contributed by atoms with E-state index in [-0.39, 0.29) is 17.9 Å². The molecule has 180 valence electrons. The Hall–Kier alpha value is -3.35. The van der Waals surface area contributed by atoms with Crippen molar-refractivity contribution in [3.05, 3.63) is 60.7 Å². The molecule has 5 nitrogen and oxygen atoms in total. The molecule has 0 fully saturated rings. The largest absolute Gasteiger partial charge is 0.491 e. The Balaban J connectivity index is 1.63. The van der Waals surface area contributed by atoms with Gasteiger partial charge < -0.3 is 9.47 Å². The minimum atomic E-state index is -2.03. The molecule has 34 heavy (non-hydrogen) atoms. The van der Waals surface area contributed by atoms with Gasteiger partial charge in [0.1, 0.15) is 5.75 Å². The second-order valence-electron chi connectivity index (χ2n) is 8.31. The minimum absolute atomic E-state index is 0.0340. The maximum atomic E-state index is 14.4. The van der Waals surface area contributed by atoms with E-state index >= 15 is 0 Å². The fourth-order valence-electron chi connectivity index (χ4n) is 3.17. The van der Waals surface area contributed by atoms with Crippen molar-refractivity contribution in [1.29, 1.82) is 0 Å². The number of alkyl halides is 1. The number of rotatable bonds is 11. The van der Waals surface area contributed by atoms with Gasteiger partial charge in [-0.2, -0.15) is 0 Å². The van der Waals surface area contributed by atoms with Gasteiger partial charge in [-0.25, -0.2) is 23.5 Å². The Morgan fingerprint density at radius 3 is 2.24 bits per heavy atom. The van der Waals surface area contributed by atoms with E-state index in [4.69, 9.17) is 9.47 Å². The van der Waals surface area contributed by atoms with Gasteiger partial charge in [0, 0.05) is 23.5 Å². The third-order valence-corrected chi connectivity index (χ3v) is 5.59. The van der Waals surface area contributed by atoms with Gasteiger partial charge in [-0.05, 0) is 55.7 Å². The number of halogens is 2. The van der Waals surface area contributed by atoms with Crippen LogP contribution < -0.4 is 9.47 Å². The van der Waals surface area contributed by atoms with Crippen LogP contribution in [0.3, 0.4) is 0 Å². The molecule has 2 aromatic carbocycles. The number of carbonyl (C=O) groups is 1. The first-order chi connectivity index (χ1) is 16.3. The predicted octanol–water partition coefficient (Wildman–Crippen LogP) is 6.95. The van der Waals surface area contributed by atoms with Crippen LogP contribution in [-0.4, -0.2) is 28.2 Å². The number of esters is 1. The Morgan fingerprint density at radius 2 is 1.62 bits per heavy atom. The Morgan fingerprint density at radius 1 is 0.941 bits per heavy atom. The van der Waals surface area contributed by atoms with E-state index in [0.717, 1.165) is 36.8 Å².